The molecule has 0 amide bonds. The van der Waals surface area contributed by atoms with Crippen LogP contribution in [-0.4, -0.2) is 21.4 Å². The van der Waals surface area contributed by atoms with Crippen molar-refractivity contribution in [1.29, 1.82) is 0 Å². The van der Waals surface area contributed by atoms with Crippen LogP contribution < -0.4 is 5.73 Å². The molecule has 0 spiro atoms. The molecule has 0 aromatic carbocycles. The van der Waals surface area contributed by atoms with Gasteiger partial charge in [-0.1, -0.05) is 0 Å². The predicted octanol–water partition coefficient (Wildman–Crippen LogP) is 0.658. The van der Waals surface area contributed by atoms with Crippen molar-refractivity contribution in [2.75, 3.05) is 6.54 Å². The van der Waals surface area contributed by atoms with Gasteiger partial charge in [0.05, 0.1) is 16.4 Å². The molecule has 12 heavy (non-hydrogen) atoms. The lowest BCUT2D eigenvalue weighted by molar-refractivity contribution is 0.174. The Morgan fingerprint density at radius 2 is 2.50 bits per heavy atom. The number of hydrogen-bond donors (Lipinski definition) is 2. The molecule has 0 aliphatic heterocycles. The molecule has 5 heteroatoms. The third-order valence-corrected chi connectivity index (χ3v) is 2.28. The zero-order valence-corrected chi connectivity index (χ0v) is 8.45. The molecule has 1 heterocycles. The first-order valence-electron chi connectivity index (χ1n) is 3.80. The highest BCUT2D eigenvalue weighted by Gasteiger charge is 2.14. The second kappa shape index (κ2) is 4.02. The van der Waals surface area contributed by atoms with Gasteiger partial charge in [0.1, 0.15) is 6.10 Å². The Bertz CT molecular complexity index is 261. The molecular formula is C7H12BrN3O. The number of nitrogens with zero attached hydrogens (tertiary/aromatic N) is 2. The van der Waals surface area contributed by atoms with Crippen molar-refractivity contribution in [2.45, 2.75) is 19.6 Å². The maximum absolute atomic E-state index is 9.50. The third-order valence-electron chi connectivity index (χ3n) is 1.67. The van der Waals surface area contributed by atoms with Gasteiger partial charge in [-0.05, 0) is 22.9 Å². The van der Waals surface area contributed by atoms with E-state index in [1.165, 1.54) is 0 Å². The molecule has 3 N–H and O–H groups in total. The molecular weight excluding hydrogens is 222 g/mol. The first-order chi connectivity index (χ1) is 5.70. The largest absolute Gasteiger partial charge is 0.385 e. The lowest BCUT2D eigenvalue weighted by Crippen LogP contribution is -2.16. The zero-order chi connectivity index (χ0) is 9.14. The van der Waals surface area contributed by atoms with E-state index in [4.69, 9.17) is 5.73 Å². The van der Waals surface area contributed by atoms with Crippen LogP contribution in [0.2, 0.25) is 0 Å². The molecule has 0 radical (unpaired) electrons. The summed E-state index contributed by atoms with van der Waals surface area (Å²) in [5.41, 5.74) is 6.09. The Labute approximate surface area is 79.5 Å². The van der Waals surface area contributed by atoms with Crippen LogP contribution >= 0.6 is 15.9 Å². The van der Waals surface area contributed by atoms with Gasteiger partial charge in [0.2, 0.25) is 0 Å². The third kappa shape index (κ3) is 1.68. The number of aromatic nitrogens is 2. The SMILES string of the molecule is CCn1ncc(Br)c1C(O)CN. The minimum Gasteiger partial charge on any atom is -0.385 e. The Hall–Kier alpha value is -0.390. The molecule has 1 rings (SSSR count). The molecule has 4 nitrogen and oxygen atoms in total. The Kier molecular flexibility index (Phi) is 3.25. The van der Waals surface area contributed by atoms with E-state index in [1.807, 2.05) is 6.92 Å². The Morgan fingerprint density at radius 3 is 3.00 bits per heavy atom. The van der Waals surface area contributed by atoms with Gasteiger partial charge in [0.15, 0.2) is 0 Å². The van der Waals surface area contributed by atoms with Gasteiger partial charge in [0, 0.05) is 13.1 Å². The monoisotopic (exact) mass is 233 g/mol. The maximum Gasteiger partial charge on any atom is 0.109 e. The summed E-state index contributed by atoms with van der Waals surface area (Å²) in [6.45, 7) is 2.91. The van der Waals surface area contributed by atoms with Gasteiger partial charge in [0.25, 0.3) is 0 Å². The molecule has 1 unspecified atom stereocenters. The fourth-order valence-corrected chi connectivity index (χ4v) is 1.63. The average molecular weight is 234 g/mol. The van der Waals surface area contributed by atoms with E-state index in [0.717, 1.165) is 16.7 Å². The molecule has 0 bridgehead atoms. The zero-order valence-electron chi connectivity index (χ0n) is 6.87. The highest BCUT2D eigenvalue weighted by atomic mass is 79.9. The lowest BCUT2D eigenvalue weighted by Gasteiger charge is -2.10. The van der Waals surface area contributed by atoms with Crippen LogP contribution in [-0.2, 0) is 6.54 Å². The summed E-state index contributed by atoms with van der Waals surface area (Å²) in [7, 11) is 0. The number of rotatable bonds is 3. The second-order valence-corrected chi connectivity index (χ2v) is 3.30. The van der Waals surface area contributed by atoms with E-state index in [1.54, 1.807) is 10.9 Å². The lowest BCUT2D eigenvalue weighted by atomic mass is 10.2. The summed E-state index contributed by atoms with van der Waals surface area (Å²) in [5, 5.41) is 13.6. The van der Waals surface area contributed by atoms with Crippen LogP contribution in [0.5, 0.6) is 0 Å². The number of aliphatic hydroxyl groups excluding tert-OH is 1. The minimum absolute atomic E-state index is 0.213. The maximum atomic E-state index is 9.50. The topological polar surface area (TPSA) is 64.1 Å². The van der Waals surface area contributed by atoms with Crippen LogP contribution in [0.1, 0.15) is 18.7 Å². The number of hydrogen-bond acceptors (Lipinski definition) is 3. The fourth-order valence-electron chi connectivity index (χ4n) is 1.07. The van der Waals surface area contributed by atoms with Gasteiger partial charge < -0.3 is 10.8 Å². The normalized spacial score (nSPS) is 13.3. The number of aryl methyl sites for hydroxylation is 1. The van der Waals surface area contributed by atoms with Crippen molar-refractivity contribution in [2.24, 2.45) is 5.73 Å². The number of nitrogens with two attached hydrogens (primary N) is 1. The standard InChI is InChI=1S/C7H12BrN3O/c1-2-11-7(6(12)3-9)5(8)4-10-11/h4,6,12H,2-3,9H2,1H3. The first kappa shape index (κ1) is 9.70. The molecule has 0 saturated carbocycles. The first-order valence-corrected chi connectivity index (χ1v) is 4.59. The van der Waals surface area contributed by atoms with Crippen molar-refractivity contribution < 1.29 is 5.11 Å². The second-order valence-electron chi connectivity index (χ2n) is 2.45. The summed E-state index contributed by atoms with van der Waals surface area (Å²) in [4.78, 5) is 0. The van der Waals surface area contributed by atoms with E-state index in [-0.39, 0.29) is 6.54 Å². The van der Waals surface area contributed by atoms with Gasteiger partial charge >= 0.3 is 0 Å². The fraction of sp³-hybridized carbons (Fsp3) is 0.571. The van der Waals surface area contributed by atoms with Crippen molar-refractivity contribution in [1.82, 2.24) is 9.78 Å². The van der Waals surface area contributed by atoms with Gasteiger partial charge in [-0.15, -0.1) is 0 Å². The molecule has 68 valence electrons. The van der Waals surface area contributed by atoms with Crippen LogP contribution in [0.4, 0.5) is 0 Å². The van der Waals surface area contributed by atoms with Gasteiger partial charge in [-0.2, -0.15) is 5.10 Å². The molecule has 1 aromatic rings. The van der Waals surface area contributed by atoms with E-state index in [0.29, 0.717) is 0 Å². The van der Waals surface area contributed by atoms with Crippen LogP contribution in [0, 0.1) is 0 Å². The van der Waals surface area contributed by atoms with E-state index in [9.17, 15) is 5.11 Å². The number of aliphatic hydroxyl groups is 1. The van der Waals surface area contributed by atoms with E-state index >= 15 is 0 Å². The van der Waals surface area contributed by atoms with E-state index < -0.39 is 6.10 Å². The van der Waals surface area contributed by atoms with Gasteiger partial charge in [-0.25, -0.2) is 0 Å². The van der Waals surface area contributed by atoms with Crippen molar-refractivity contribution >= 4 is 15.9 Å². The molecule has 1 aromatic heterocycles. The van der Waals surface area contributed by atoms with E-state index in [2.05, 4.69) is 21.0 Å². The van der Waals surface area contributed by atoms with Crippen molar-refractivity contribution in [3.8, 4) is 0 Å². The van der Waals surface area contributed by atoms with Gasteiger partial charge in [-0.3, -0.25) is 4.68 Å². The summed E-state index contributed by atoms with van der Waals surface area (Å²) in [6, 6.07) is 0. The number of halogens is 1. The highest BCUT2D eigenvalue weighted by Crippen LogP contribution is 2.22. The smallest absolute Gasteiger partial charge is 0.109 e. The highest BCUT2D eigenvalue weighted by molar-refractivity contribution is 9.10. The summed E-state index contributed by atoms with van der Waals surface area (Å²) in [6.07, 6.45) is 1.03. The summed E-state index contributed by atoms with van der Waals surface area (Å²) >= 11 is 3.30. The molecule has 1 atom stereocenters. The molecule has 0 saturated heterocycles. The molecule has 0 aliphatic carbocycles. The van der Waals surface area contributed by atoms with Crippen molar-refractivity contribution in [3.63, 3.8) is 0 Å². The van der Waals surface area contributed by atoms with Crippen molar-refractivity contribution in [3.05, 3.63) is 16.4 Å². The Balaban J connectivity index is 3.01. The quantitative estimate of drug-likeness (QED) is 0.807. The predicted molar refractivity (Wildman–Crippen MR) is 49.6 cm³/mol. The summed E-state index contributed by atoms with van der Waals surface area (Å²) < 4.78 is 2.53. The van der Waals surface area contributed by atoms with Crippen LogP contribution in [0.25, 0.3) is 0 Å². The molecule has 0 fully saturated rings. The Morgan fingerprint density at radius 1 is 1.83 bits per heavy atom. The average Bonchev–Trinajstić information content (AvgIpc) is 2.45. The minimum atomic E-state index is -0.637. The summed E-state index contributed by atoms with van der Waals surface area (Å²) in [5.74, 6) is 0. The van der Waals surface area contributed by atoms with Crippen LogP contribution in [0.15, 0.2) is 10.7 Å². The van der Waals surface area contributed by atoms with Crippen LogP contribution in [0.3, 0.4) is 0 Å². The molecule has 0 aliphatic rings.